The van der Waals surface area contributed by atoms with Gasteiger partial charge in [-0.25, -0.2) is 9.97 Å². The maximum Gasteiger partial charge on any atom is 0.162 e. The van der Waals surface area contributed by atoms with Gasteiger partial charge in [-0.1, -0.05) is 24.3 Å². The molecule has 19 heavy (non-hydrogen) atoms. The van der Waals surface area contributed by atoms with E-state index in [4.69, 9.17) is 9.97 Å². The average molecular weight is 253 g/mol. The molecule has 0 bridgehead atoms. The summed E-state index contributed by atoms with van der Waals surface area (Å²) in [6.07, 6.45) is 4.65. The minimum Gasteiger partial charge on any atom is -0.373 e. The molecule has 0 radical (unpaired) electrons. The second kappa shape index (κ2) is 5.00. The van der Waals surface area contributed by atoms with Gasteiger partial charge in [0.2, 0.25) is 0 Å². The summed E-state index contributed by atoms with van der Waals surface area (Å²) in [5, 5.41) is 3.23. The maximum absolute atomic E-state index is 4.80. The average Bonchev–Trinajstić information content (AvgIpc) is 2.46. The normalized spacial score (nSPS) is 14.0. The van der Waals surface area contributed by atoms with Gasteiger partial charge in [0.25, 0.3) is 0 Å². The molecule has 98 valence electrons. The minimum atomic E-state index is 0.850. The highest BCUT2D eigenvalue weighted by atomic mass is 15.0. The van der Waals surface area contributed by atoms with Crippen molar-refractivity contribution in [2.24, 2.45) is 0 Å². The van der Waals surface area contributed by atoms with Crippen molar-refractivity contribution in [3.05, 3.63) is 41.1 Å². The second-order valence-electron chi connectivity index (χ2n) is 5.09. The highest BCUT2D eigenvalue weighted by Gasteiger charge is 2.18. The number of aromatic nitrogens is 2. The van der Waals surface area contributed by atoms with E-state index in [1.54, 1.807) is 0 Å². The van der Waals surface area contributed by atoms with Crippen LogP contribution in [0.2, 0.25) is 0 Å². The number of benzene rings is 1. The van der Waals surface area contributed by atoms with Crippen molar-refractivity contribution in [3.63, 3.8) is 0 Å². The molecule has 1 aliphatic rings. The molecule has 0 saturated heterocycles. The highest BCUT2D eigenvalue weighted by Crippen LogP contribution is 2.29. The van der Waals surface area contributed by atoms with E-state index in [-0.39, 0.29) is 0 Å². The molecule has 0 spiro atoms. The lowest BCUT2D eigenvalue weighted by molar-refractivity contribution is 0.665. The molecule has 1 aliphatic carbocycles. The number of anilines is 1. The van der Waals surface area contributed by atoms with Gasteiger partial charge in [-0.15, -0.1) is 0 Å². The minimum absolute atomic E-state index is 0.850. The SMILES string of the molecule is CNc1nc(-c2ccccc2C)nc2c1CCCC2. The lowest BCUT2D eigenvalue weighted by Gasteiger charge is -2.19. The van der Waals surface area contributed by atoms with Crippen molar-refractivity contribution < 1.29 is 0 Å². The number of rotatable bonds is 2. The van der Waals surface area contributed by atoms with Crippen LogP contribution >= 0.6 is 0 Å². The van der Waals surface area contributed by atoms with Gasteiger partial charge in [-0.2, -0.15) is 0 Å². The Hall–Kier alpha value is -1.90. The van der Waals surface area contributed by atoms with Gasteiger partial charge in [-0.05, 0) is 38.2 Å². The number of nitrogens with zero attached hydrogens (tertiary/aromatic N) is 2. The monoisotopic (exact) mass is 253 g/mol. The van der Waals surface area contributed by atoms with Gasteiger partial charge < -0.3 is 5.32 Å². The first-order valence-electron chi connectivity index (χ1n) is 6.93. The summed E-state index contributed by atoms with van der Waals surface area (Å²) in [4.78, 5) is 9.52. The van der Waals surface area contributed by atoms with E-state index >= 15 is 0 Å². The smallest absolute Gasteiger partial charge is 0.162 e. The Morgan fingerprint density at radius 2 is 1.84 bits per heavy atom. The molecule has 0 atom stereocenters. The van der Waals surface area contributed by atoms with E-state index < -0.39 is 0 Å². The topological polar surface area (TPSA) is 37.8 Å². The quantitative estimate of drug-likeness (QED) is 0.891. The second-order valence-corrected chi connectivity index (χ2v) is 5.09. The number of nitrogens with one attached hydrogen (secondary N) is 1. The molecule has 3 heteroatoms. The molecule has 3 nitrogen and oxygen atoms in total. The zero-order chi connectivity index (χ0) is 13.2. The molecular formula is C16H19N3. The van der Waals surface area contributed by atoms with Crippen LogP contribution in [0.15, 0.2) is 24.3 Å². The predicted octanol–water partition coefficient (Wildman–Crippen LogP) is 3.37. The Kier molecular flexibility index (Phi) is 3.20. The molecule has 2 aromatic rings. The zero-order valence-electron chi connectivity index (χ0n) is 11.5. The molecule has 0 aliphatic heterocycles. The first kappa shape index (κ1) is 12.2. The van der Waals surface area contributed by atoms with Crippen molar-refractivity contribution in [1.29, 1.82) is 0 Å². The van der Waals surface area contributed by atoms with E-state index in [0.29, 0.717) is 0 Å². The van der Waals surface area contributed by atoms with Crippen LogP contribution in [-0.2, 0) is 12.8 Å². The molecule has 1 aromatic carbocycles. The molecule has 0 saturated carbocycles. The van der Waals surface area contributed by atoms with E-state index in [0.717, 1.165) is 30.0 Å². The number of hydrogen-bond acceptors (Lipinski definition) is 3. The van der Waals surface area contributed by atoms with Crippen LogP contribution in [0.25, 0.3) is 11.4 Å². The van der Waals surface area contributed by atoms with Gasteiger partial charge in [-0.3, -0.25) is 0 Å². The summed E-state index contributed by atoms with van der Waals surface area (Å²) in [5.74, 6) is 1.85. The van der Waals surface area contributed by atoms with E-state index in [2.05, 4.69) is 30.4 Å². The van der Waals surface area contributed by atoms with Crippen LogP contribution in [0, 0.1) is 6.92 Å². The third-order valence-corrected chi connectivity index (χ3v) is 3.81. The largest absolute Gasteiger partial charge is 0.373 e. The van der Waals surface area contributed by atoms with Crippen LogP contribution in [0.3, 0.4) is 0 Å². The maximum atomic E-state index is 4.80. The van der Waals surface area contributed by atoms with Crippen LogP contribution in [0.4, 0.5) is 5.82 Å². The van der Waals surface area contributed by atoms with Gasteiger partial charge in [0, 0.05) is 23.9 Å². The molecule has 1 aromatic heterocycles. The van der Waals surface area contributed by atoms with Crippen LogP contribution in [0.1, 0.15) is 29.7 Å². The van der Waals surface area contributed by atoms with Crippen LogP contribution in [-0.4, -0.2) is 17.0 Å². The lowest BCUT2D eigenvalue weighted by atomic mass is 9.96. The van der Waals surface area contributed by atoms with Crippen molar-refractivity contribution >= 4 is 5.82 Å². The summed E-state index contributed by atoms with van der Waals surface area (Å²) in [5.41, 5.74) is 4.89. The zero-order valence-corrected chi connectivity index (χ0v) is 11.5. The van der Waals surface area contributed by atoms with Crippen molar-refractivity contribution in [3.8, 4) is 11.4 Å². The Balaban J connectivity index is 2.15. The Morgan fingerprint density at radius 3 is 2.63 bits per heavy atom. The number of aryl methyl sites for hydroxylation is 2. The fourth-order valence-electron chi connectivity index (χ4n) is 2.75. The summed E-state index contributed by atoms with van der Waals surface area (Å²) in [6, 6.07) is 8.30. The third-order valence-electron chi connectivity index (χ3n) is 3.81. The van der Waals surface area contributed by atoms with E-state index in [9.17, 15) is 0 Å². The first-order chi connectivity index (χ1) is 9.29. The Bertz CT molecular complexity index is 588. The Labute approximate surface area is 114 Å². The molecule has 0 fully saturated rings. The Morgan fingerprint density at radius 1 is 1.05 bits per heavy atom. The fourth-order valence-corrected chi connectivity index (χ4v) is 2.75. The van der Waals surface area contributed by atoms with Gasteiger partial charge in [0.05, 0.1) is 0 Å². The summed E-state index contributed by atoms with van der Waals surface area (Å²) in [6.45, 7) is 2.11. The lowest BCUT2D eigenvalue weighted by Crippen LogP contribution is -2.12. The third kappa shape index (κ3) is 2.21. The molecular weight excluding hydrogens is 234 g/mol. The molecule has 0 amide bonds. The van der Waals surface area contributed by atoms with Crippen molar-refractivity contribution in [2.45, 2.75) is 32.6 Å². The highest BCUT2D eigenvalue weighted by molar-refractivity contribution is 5.63. The van der Waals surface area contributed by atoms with Crippen molar-refractivity contribution in [2.75, 3.05) is 12.4 Å². The molecule has 0 unspecified atom stereocenters. The molecule has 1 N–H and O–H groups in total. The van der Waals surface area contributed by atoms with E-state index in [1.165, 1.54) is 29.7 Å². The van der Waals surface area contributed by atoms with Crippen LogP contribution in [0.5, 0.6) is 0 Å². The van der Waals surface area contributed by atoms with Gasteiger partial charge in [0.1, 0.15) is 5.82 Å². The number of fused-ring (bicyclic) bond motifs is 1. The standard InChI is InChI=1S/C16H19N3/c1-11-7-3-4-8-12(11)16-18-14-10-6-5-9-13(14)15(17-2)19-16/h3-4,7-8H,5-6,9-10H2,1-2H3,(H,17,18,19). The van der Waals surface area contributed by atoms with Gasteiger partial charge >= 0.3 is 0 Å². The fraction of sp³-hybridized carbons (Fsp3) is 0.375. The van der Waals surface area contributed by atoms with E-state index in [1.807, 2.05) is 13.1 Å². The summed E-state index contributed by atoms with van der Waals surface area (Å²) >= 11 is 0. The molecule has 3 rings (SSSR count). The molecule has 1 heterocycles. The number of hydrogen-bond donors (Lipinski definition) is 1. The predicted molar refractivity (Wildman–Crippen MR) is 78.4 cm³/mol. The summed E-state index contributed by atoms with van der Waals surface area (Å²) < 4.78 is 0. The van der Waals surface area contributed by atoms with Crippen molar-refractivity contribution in [1.82, 2.24) is 9.97 Å². The summed E-state index contributed by atoms with van der Waals surface area (Å²) in [7, 11) is 1.94. The first-order valence-corrected chi connectivity index (χ1v) is 6.93. The van der Waals surface area contributed by atoms with Crippen LogP contribution < -0.4 is 5.32 Å². The van der Waals surface area contributed by atoms with Gasteiger partial charge in [0.15, 0.2) is 5.82 Å².